The molecule has 0 heterocycles. The van der Waals surface area contributed by atoms with Gasteiger partial charge in [-0.05, 0) is 24.5 Å². The first-order valence-electron chi connectivity index (χ1n) is 6.02. The van der Waals surface area contributed by atoms with Gasteiger partial charge < -0.3 is 4.90 Å². The molecule has 0 aliphatic heterocycles. The molecule has 0 saturated carbocycles. The molecule has 0 saturated heterocycles. The Balaban J connectivity index is 2.83. The van der Waals surface area contributed by atoms with Crippen molar-refractivity contribution in [2.45, 2.75) is 20.3 Å². The fourth-order valence-electron chi connectivity index (χ4n) is 1.56. The molecule has 0 aromatic heterocycles. The van der Waals surface area contributed by atoms with E-state index in [0.717, 1.165) is 18.6 Å². The number of nitrogens with zero attached hydrogens (tertiary/aromatic N) is 2. The fourth-order valence-corrected chi connectivity index (χ4v) is 1.56. The first-order chi connectivity index (χ1) is 8.82. The second-order valence-electron chi connectivity index (χ2n) is 4.83. The highest BCUT2D eigenvalue weighted by Gasteiger charge is 2.18. The summed E-state index contributed by atoms with van der Waals surface area (Å²) < 4.78 is 13.4. The van der Waals surface area contributed by atoms with E-state index in [4.69, 9.17) is 0 Å². The van der Waals surface area contributed by atoms with Gasteiger partial charge in [0, 0.05) is 25.2 Å². The van der Waals surface area contributed by atoms with Gasteiger partial charge in [0.1, 0.15) is 0 Å². The second kappa shape index (κ2) is 6.26. The zero-order valence-electron chi connectivity index (χ0n) is 11.2. The smallest absolute Gasteiger partial charge is 0.304 e. The molecule has 0 atom stereocenters. The van der Waals surface area contributed by atoms with E-state index >= 15 is 0 Å². The van der Waals surface area contributed by atoms with E-state index in [1.165, 1.54) is 11.0 Å². The molecule has 1 rings (SSSR count). The lowest BCUT2D eigenvalue weighted by atomic mass is 10.1. The highest BCUT2D eigenvalue weighted by Crippen LogP contribution is 2.19. The number of amides is 1. The summed E-state index contributed by atoms with van der Waals surface area (Å²) in [6.45, 7) is 4.66. The number of hydrogen-bond donors (Lipinski definition) is 0. The Labute approximate surface area is 111 Å². The van der Waals surface area contributed by atoms with Gasteiger partial charge in [0.2, 0.25) is 5.82 Å². The van der Waals surface area contributed by atoms with Crippen molar-refractivity contribution in [3.05, 3.63) is 39.7 Å². The molecule has 0 radical (unpaired) electrons. The molecule has 1 aromatic carbocycles. The maximum absolute atomic E-state index is 13.4. The Kier molecular flexibility index (Phi) is 4.97. The van der Waals surface area contributed by atoms with Crippen LogP contribution in [0.15, 0.2) is 18.2 Å². The van der Waals surface area contributed by atoms with Gasteiger partial charge in [-0.1, -0.05) is 13.8 Å². The van der Waals surface area contributed by atoms with E-state index in [1.807, 2.05) is 13.8 Å². The molecule has 0 bridgehead atoms. The average molecular weight is 268 g/mol. The third kappa shape index (κ3) is 4.01. The van der Waals surface area contributed by atoms with Crippen LogP contribution in [0.3, 0.4) is 0 Å². The first kappa shape index (κ1) is 15.1. The van der Waals surface area contributed by atoms with Crippen LogP contribution in [0.5, 0.6) is 0 Å². The molecular weight excluding hydrogens is 251 g/mol. The zero-order valence-corrected chi connectivity index (χ0v) is 11.2. The van der Waals surface area contributed by atoms with Crippen LogP contribution >= 0.6 is 0 Å². The zero-order chi connectivity index (χ0) is 14.6. The minimum Gasteiger partial charge on any atom is -0.342 e. The minimum atomic E-state index is -0.992. The van der Waals surface area contributed by atoms with Gasteiger partial charge in [-0.15, -0.1) is 0 Å². The summed E-state index contributed by atoms with van der Waals surface area (Å²) >= 11 is 0. The summed E-state index contributed by atoms with van der Waals surface area (Å²) in [4.78, 5) is 23.1. The minimum absolute atomic E-state index is 0.120. The van der Waals surface area contributed by atoms with Gasteiger partial charge in [0.05, 0.1) is 4.92 Å². The van der Waals surface area contributed by atoms with Crippen molar-refractivity contribution in [1.29, 1.82) is 0 Å². The summed E-state index contributed by atoms with van der Waals surface area (Å²) in [5.41, 5.74) is -0.504. The normalized spacial score (nSPS) is 10.6. The Bertz CT molecular complexity index is 489. The SMILES string of the molecule is CC(C)CCN(C)C(=O)c1ccc([N+](=O)[O-])c(F)c1. The molecule has 0 spiro atoms. The number of halogens is 1. The van der Waals surface area contributed by atoms with Crippen LogP contribution in [0, 0.1) is 21.8 Å². The van der Waals surface area contributed by atoms with Crippen molar-refractivity contribution in [3.63, 3.8) is 0 Å². The number of hydrogen-bond acceptors (Lipinski definition) is 3. The summed E-state index contributed by atoms with van der Waals surface area (Å²) in [7, 11) is 1.63. The number of nitro groups is 1. The molecule has 0 N–H and O–H groups in total. The van der Waals surface area contributed by atoms with Gasteiger partial charge >= 0.3 is 5.69 Å². The van der Waals surface area contributed by atoms with Gasteiger partial charge in [0.25, 0.3) is 5.91 Å². The highest BCUT2D eigenvalue weighted by molar-refractivity contribution is 5.94. The predicted molar refractivity (Wildman–Crippen MR) is 69.5 cm³/mol. The van der Waals surface area contributed by atoms with Crippen molar-refractivity contribution in [2.24, 2.45) is 5.92 Å². The number of carbonyl (C=O) groups is 1. The highest BCUT2D eigenvalue weighted by atomic mass is 19.1. The molecule has 104 valence electrons. The van der Waals surface area contributed by atoms with E-state index in [-0.39, 0.29) is 11.5 Å². The van der Waals surface area contributed by atoms with Crippen molar-refractivity contribution in [2.75, 3.05) is 13.6 Å². The summed E-state index contributed by atoms with van der Waals surface area (Å²) in [6.07, 6.45) is 0.845. The maximum Gasteiger partial charge on any atom is 0.304 e. The number of nitro benzene ring substituents is 1. The third-order valence-corrected chi connectivity index (χ3v) is 2.78. The molecule has 0 aliphatic carbocycles. The average Bonchev–Trinajstić information content (AvgIpc) is 2.34. The van der Waals surface area contributed by atoms with E-state index in [2.05, 4.69) is 0 Å². The van der Waals surface area contributed by atoms with Crippen molar-refractivity contribution < 1.29 is 14.1 Å². The Morgan fingerprint density at radius 2 is 2.11 bits per heavy atom. The van der Waals surface area contributed by atoms with E-state index in [0.29, 0.717) is 12.5 Å². The Hall–Kier alpha value is -1.98. The molecule has 19 heavy (non-hydrogen) atoms. The Morgan fingerprint density at radius 1 is 1.47 bits per heavy atom. The lowest BCUT2D eigenvalue weighted by molar-refractivity contribution is -0.387. The largest absolute Gasteiger partial charge is 0.342 e. The molecule has 0 fully saturated rings. The van der Waals surface area contributed by atoms with Crippen molar-refractivity contribution in [3.8, 4) is 0 Å². The fraction of sp³-hybridized carbons (Fsp3) is 0.462. The number of benzene rings is 1. The van der Waals surface area contributed by atoms with E-state index in [1.54, 1.807) is 7.05 Å². The van der Waals surface area contributed by atoms with E-state index in [9.17, 15) is 19.3 Å². The van der Waals surface area contributed by atoms with Crippen molar-refractivity contribution >= 4 is 11.6 Å². The number of carbonyl (C=O) groups excluding carboxylic acids is 1. The quantitative estimate of drug-likeness (QED) is 0.609. The molecule has 0 aliphatic rings. The van der Waals surface area contributed by atoms with Crippen LogP contribution in [0.25, 0.3) is 0 Å². The first-order valence-corrected chi connectivity index (χ1v) is 6.02. The standard InChI is InChI=1S/C13H17FN2O3/c1-9(2)6-7-15(3)13(17)10-4-5-12(16(18)19)11(14)8-10/h4-5,8-9H,6-7H2,1-3H3. The monoisotopic (exact) mass is 268 g/mol. The molecule has 1 amide bonds. The lowest BCUT2D eigenvalue weighted by Crippen LogP contribution is -2.28. The van der Waals surface area contributed by atoms with Crippen LogP contribution < -0.4 is 0 Å². The Morgan fingerprint density at radius 3 is 2.58 bits per heavy atom. The summed E-state index contributed by atoms with van der Waals surface area (Å²) in [6, 6.07) is 3.20. The van der Waals surface area contributed by atoms with Crippen LogP contribution in [0.2, 0.25) is 0 Å². The van der Waals surface area contributed by atoms with Crippen LogP contribution in [0.1, 0.15) is 30.6 Å². The number of rotatable bonds is 5. The van der Waals surface area contributed by atoms with Gasteiger partial charge in [-0.2, -0.15) is 4.39 Å². The van der Waals surface area contributed by atoms with Gasteiger partial charge in [0.15, 0.2) is 0 Å². The van der Waals surface area contributed by atoms with Crippen LogP contribution in [-0.4, -0.2) is 29.3 Å². The molecule has 0 unspecified atom stereocenters. The molecule has 1 aromatic rings. The predicted octanol–water partition coefficient (Wildman–Crippen LogP) is 2.85. The van der Waals surface area contributed by atoms with Gasteiger partial charge in [-0.3, -0.25) is 14.9 Å². The topological polar surface area (TPSA) is 63.5 Å². The second-order valence-corrected chi connectivity index (χ2v) is 4.83. The maximum atomic E-state index is 13.4. The summed E-state index contributed by atoms with van der Waals surface area (Å²) in [5, 5.41) is 10.5. The molecule has 6 heteroatoms. The van der Waals surface area contributed by atoms with Crippen molar-refractivity contribution in [1.82, 2.24) is 4.90 Å². The summed E-state index contributed by atoms with van der Waals surface area (Å²) in [5.74, 6) is -0.869. The third-order valence-electron chi connectivity index (χ3n) is 2.78. The van der Waals surface area contributed by atoms with Crippen LogP contribution in [-0.2, 0) is 0 Å². The van der Waals surface area contributed by atoms with E-state index < -0.39 is 16.4 Å². The lowest BCUT2D eigenvalue weighted by Gasteiger charge is -2.18. The van der Waals surface area contributed by atoms with Crippen LogP contribution in [0.4, 0.5) is 10.1 Å². The molecular formula is C13H17FN2O3. The van der Waals surface area contributed by atoms with Gasteiger partial charge in [-0.25, -0.2) is 0 Å². The molecule has 5 nitrogen and oxygen atoms in total.